The van der Waals surface area contributed by atoms with Gasteiger partial charge in [-0.25, -0.2) is 13.8 Å². The van der Waals surface area contributed by atoms with Gasteiger partial charge in [0, 0.05) is 5.56 Å². The molecule has 3 rings (SSSR count). The van der Waals surface area contributed by atoms with Gasteiger partial charge in [0.25, 0.3) is 0 Å². The Bertz CT molecular complexity index is 574. The molecule has 0 radical (unpaired) electrons. The normalized spacial score (nSPS) is 19.6. The molecule has 0 amide bonds. The fraction of sp³-hybridized carbons (Fsp3) is 0.357. The maximum absolute atomic E-state index is 13.2. The molecule has 2 heterocycles. The summed E-state index contributed by atoms with van der Waals surface area (Å²) in [6, 6.07) is 4.09. The largest absolute Gasteiger partial charge is 0.341 e. The molecular formula is C14H15F2N3. The zero-order chi connectivity index (χ0) is 13.2. The molecule has 0 aliphatic carbocycles. The summed E-state index contributed by atoms with van der Waals surface area (Å²) in [5.41, 5.74) is 1.31. The van der Waals surface area contributed by atoms with Crippen LogP contribution < -0.4 is 5.32 Å². The summed E-state index contributed by atoms with van der Waals surface area (Å²) in [5.74, 6) is -0.818. The molecule has 1 atom stereocenters. The Morgan fingerprint density at radius 2 is 2.05 bits per heavy atom. The van der Waals surface area contributed by atoms with Crippen LogP contribution in [0.1, 0.15) is 31.1 Å². The van der Waals surface area contributed by atoms with E-state index in [4.69, 9.17) is 0 Å². The number of nitrogens with one attached hydrogen (secondary N) is 2. The molecule has 1 aromatic carbocycles. The number of halogens is 2. The van der Waals surface area contributed by atoms with E-state index >= 15 is 0 Å². The van der Waals surface area contributed by atoms with Gasteiger partial charge in [-0.05, 0) is 37.6 Å². The lowest BCUT2D eigenvalue weighted by Crippen LogP contribution is -2.27. The summed E-state index contributed by atoms with van der Waals surface area (Å²) in [5, 5.41) is 3.39. The van der Waals surface area contributed by atoms with E-state index in [9.17, 15) is 8.78 Å². The fourth-order valence-electron chi connectivity index (χ4n) is 2.41. The van der Waals surface area contributed by atoms with Crippen molar-refractivity contribution in [1.82, 2.24) is 15.3 Å². The van der Waals surface area contributed by atoms with Crippen LogP contribution in [0.3, 0.4) is 0 Å². The number of hydrogen-bond acceptors (Lipinski definition) is 2. The van der Waals surface area contributed by atoms with E-state index in [1.54, 1.807) is 12.3 Å². The van der Waals surface area contributed by atoms with Gasteiger partial charge < -0.3 is 10.3 Å². The summed E-state index contributed by atoms with van der Waals surface area (Å²) >= 11 is 0. The van der Waals surface area contributed by atoms with Gasteiger partial charge in [-0.3, -0.25) is 0 Å². The maximum atomic E-state index is 13.2. The van der Waals surface area contributed by atoms with Crippen molar-refractivity contribution in [3.8, 4) is 11.3 Å². The molecular weight excluding hydrogens is 248 g/mol. The molecule has 1 aliphatic rings. The molecule has 100 valence electrons. The molecule has 1 aliphatic heterocycles. The van der Waals surface area contributed by atoms with E-state index in [0.29, 0.717) is 11.3 Å². The van der Waals surface area contributed by atoms with E-state index < -0.39 is 11.6 Å². The molecule has 2 aromatic rings. The SMILES string of the molecule is Fc1ccc(-c2cnc(C3CCCCN3)[nH]2)cc1F. The average Bonchev–Trinajstić information content (AvgIpc) is 2.93. The molecule has 0 saturated carbocycles. The fourth-order valence-corrected chi connectivity index (χ4v) is 2.41. The molecule has 2 N–H and O–H groups in total. The highest BCUT2D eigenvalue weighted by atomic mass is 19.2. The number of piperidine rings is 1. The zero-order valence-corrected chi connectivity index (χ0v) is 10.4. The first-order chi connectivity index (χ1) is 9.24. The van der Waals surface area contributed by atoms with Crippen LogP contribution >= 0.6 is 0 Å². The summed E-state index contributed by atoms with van der Waals surface area (Å²) in [7, 11) is 0. The molecule has 1 unspecified atom stereocenters. The monoisotopic (exact) mass is 263 g/mol. The van der Waals surface area contributed by atoms with Crippen LogP contribution in [0.5, 0.6) is 0 Å². The van der Waals surface area contributed by atoms with Gasteiger partial charge >= 0.3 is 0 Å². The van der Waals surface area contributed by atoms with Crippen LogP contribution in [0.2, 0.25) is 0 Å². The Balaban J connectivity index is 1.85. The molecule has 0 bridgehead atoms. The third-order valence-electron chi connectivity index (χ3n) is 3.47. The second kappa shape index (κ2) is 5.09. The van der Waals surface area contributed by atoms with Gasteiger partial charge in [0.1, 0.15) is 5.82 Å². The summed E-state index contributed by atoms with van der Waals surface area (Å²) in [4.78, 5) is 7.52. The van der Waals surface area contributed by atoms with Crippen LogP contribution in [0, 0.1) is 11.6 Å². The van der Waals surface area contributed by atoms with Crippen LogP contribution in [0.4, 0.5) is 8.78 Å². The van der Waals surface area contributed by atoms with Crippen molar-refractivity contribution < 1.29 is 8.78 Å². The second-order valence-corrected chi connectivity index (χ2v) is 4.81. The van der Waals surface area contributed by atoms with Crippen molar-refractivity contribution in [3.63, 3.8) is 0 Å². The summed E-state index contributed by atoms with van der Waals surface area (Å²) in [6.45, 7) is 0.992. The van der Waals surface area contributed by atoms with Crippen molar-refractivity contribution >= 4 is 0 Å². The molecule has 1 fully saturated rings. The smallest absolute Gasteiger partial charge is 0.159 e. The first-order valence-corrected chi connectivity index (χ1v) is 6.48. The summed E-state index contributed by atoms with van der Waals surface area (Å²) in [6.07, 6.45) is 5.08. The number of aromatic nitrogens is 2. The molecule has 1 aromatic heterocycles. The minimum Gasteiger partial charge on any atom is -0.341 e. The van der Waals surface area contributed by atoms with Gasteiger partial charge in [0.2, 0.25) is 0 Å². The first-order valence-electron chi connectivity index (χ1n) is 6.48. The number of imidazole rings is 1. The number of H-pyrrole nitrogens is 1. The van der Waals surface area contributed by atoms with Crippen molar-refractivity contribution in [2.45, 2.75) is 25.3 Å². The Morgan fingerprint density at radius 1 is 1.16 bits per heavy atom. The van der Waals surface area contributed by atoms with E-state index in [-0.39, 0.29) is 6.04 Å². The van der Waals surface area contributed by atoms with Crippen LogP contribution in [-0.2, 0) is 0 Å². The number of hydrogen-bond donors (Lipinski definition) is 2. The predicted octanol–water partition coefficient (Wildman–Crippen LogP) is 3.17. The topological polar surface area (TPSA) is 40.7 Å². The summed E-state index contributed by atoms with van der Waals surface area (Å²) < 4.78 is 26.1. The van der Waals surface area contributed by atoms with Gasteiger partial charge in [-0.15, -0.1) is 0 Å². The lowest BCUT2D eigenvalue weighted by Gasteiger charge is -2.21. The Hall–Kier alpha value is -1.75. The highest BCUT2D eigenvalue weighted by Crippen LogP contribution is 2.24. The molecule has 0 spiro atoms. The van der Waals surface area contributed by atoms with Crippen molar-refractivity contribution in [2.75, 3.05) is 6.54 Å². The zero-order valence-electron chi connectivity index (χ0n) is 10.4. The van der Waals surface area contributed by atoms with Crippen molar-refractivity contribution in [2.24, 2.45) is 0 Å². The average molecular weight is 263 g/mol. The Morgan fingerprint density at radius 3 is 2.79 bits per heavy atom. The van der Waals surface area contributed by atoms with E-state index in [0.717, 1.165) is 24.9 Å². The third-order valence-corrected chi connectivity index (χ3v) is 3.47. The lowest BCUT2D eigenvalue weighted by molar-refractivity contribution is 0.399. The van der Waals surface area contributed by atoms with E-state index in [1.165, 1.54) is 18.9 Å². The second-order valence-electron chi connectivity index (χ2n) is 4.81. The highest BCUT2D eigenvalue weighted by Gasteiger charge is 2.18. The number of rotatable bonds is 2. The van der Waals surface area contributed by atoms with Crippen molar-refractivity contribution in [1.29, 1.82) is 0 Å². The maximum Gasteiger partial charge on any atom is 0.159 e. The van der Waals surface area contributed by atoms with Gasteiger partial charge in [-0.1, -0.05) is 6.42 Å². The lowest BCUT2D eigenvalue weighted by atomic mass is 10.0. The number of nitrogens with zero attached hydrogens (tertiary/aromatic N) is 1. The van der Waals surface area contributed by atoms with Crippen LogP contribution in [0.15, 0.2) is 24.4 Å². The Kier molecular flexibility index (Phi) is 3.29. The number of benzene rings is 1. The quantitative estimate of drug-likeness (QED) is 0.873. The minimum absolute atomic E-state index is 0.229. The molecule has 19 heavy (non-hydrogen) atoms. The minimum atomic E-state index is -0.843. The van der Waals surface area contributed by atoms with Crippen LogP contribution in [0.25, 0.3) is 11.3 Å². The number of aromatic amines is 1. The van der Waals surface area contributed by atoms with Gasteiger partial charge in [0.15, 0.2) is 11.6 Å². The van der Waals surface area contributed by atoms with E-state index in [2.05, 4.69) is 15.3 Å². The van der Waals surface area contributed by atoms with Crippen LogP contribution in [-0.4, -0.2) is 16.5 Å². The standard InChI is InChI=1S/C14H15F2N3/c15-10-5-4-9(7-11(10)16)13-8-18-14(19-13)12-3-1-2-6-17-12/h4-5,7-8,12,17H,1-3,6H2,(H,18,19). The highest BCUT2D eigenvalue weighted by molar-refractivity contribution is 5.58. The van der Waals surface area contributed by atoms with E-state index in [1.807, 2.05) is 0 Å². The van der Waals surface area contributed by atoms with Crippen molar-refractivity contribution in [3.05, 3.63) is 41.9 Å². The third kappa shape index (κ3) is 2.51. The molecule has 1 saturated heterocycles. The van der Waals surface area contributed by atoms with Gasteiger partial charge in [-0.2, -0.15) is 0 Å². The predicted molar refractivity (Wildman–Crippen MR) is 68.5 cm³/mol. The Labute approximate surface area is 110 Å². The van der Waals surface area contributed by atoms with Gasteiger partial charge in [0.05, 0.1) is 17.9 Å². The molecule has 5 heteroatoms. The first kappa shape index (κ1) is 12.3. The molecule has 3 nitrogen and oxygen atoms in total.